The first-order valence-electron chi connectivity index (χ1n) is 36.6. The van der Waals surface area contributed by atoms with E-state index < -0.39 is 75.2 Å². The van der Waals surface area contributed by atoms with Crippen molar-refractivity contribution in [2.45, 2.75) is 187 Å². The Kier molecular flexibility index (Phi) is 11.2. The first-order chi connectivity index (χ1) is 44.9. The summed E-state index contributed by atoms with van der Waals surface area (Å²) in [7, 11) is 0. The molecule has 0 amide bonds. The van der Waals surface area contributed by atoms with Crippen LogP contribution in [0.2, 0.25) is 0 Å². The monoisotopic (exact) mass is 1130 g/mol. The Morgan fingerprint density at radius 3 is 1.37 bits per heavy atom. The first kappa shape index (κ1) is 42.9. The van der Waals surface area contributed by atoms with E-state index in [-0.39, 0.29) is 18.4 Å². The van der Waals surface area contributed by atoms with Gasteiger partial charge in [0.25, 0.3) is 0 Å². The van der Waals surface area contributed by atoms with Crippen LogP contribution in [-0.4, -0.2) is 57.7 Å². The number of nitrogens with zero attached hydrogens (tertiary/aromatic N) is 7. The number of anilines is 5. The molecule has 9 nitrogen and oxygen atoms in total. The highest BCUT2D eigenvalue weighted by atomic mass is 16.3. The number of fused-ring (bicyclic) bond motifs is 7. The predicted molar refractivity (Wildman–Crippen MR) is 355 cm³/mol. The van der Waals surface area contributed by atoms with E-state index >= 15 is 0 Å². The molecule has 13 rings (SSSR count). The first-order valence-corrected chi connectivity index (χ1v) is 28.6. The summed E-state index contributed by atoms with van der Waals surface area (Å²) < 4.78 is 143. The fourth-order valence-electron chi connectivity index (χ4n) is 13.3. The van der Waals surface area contributed by atoms with Gasteiger partial charge in [-0.3, -0.25) is 0 Å². The highest BCUT2D eigenvalue weighted by Crippen LogP contribution is 2.51. The molecule has 5 aromatic heterocycles. The van der Waals surface area contributed by atoms with Gasteiger partial charge >= 0.3 is 0 Å². The molecule has 9 aromatic rings. The molecule has 0 spiro atoms. The summed E-state index contributed by atoms with van der Waals surface area (Å²) >= 11 is 0. The van der Waals surface area contributed by atoms with Gasteiger partial charge < -0.3 is 28.4 Å². The number of benzene rings is 4. The lowest BCUT2D eigenvalue weighted by Gasteiger charge is -2.34. The summed E-state index contributed by atoms with van der Waals surface area (Å²) in [5.41, 5.74) is 6.21. The summed E-state index contributed by atoms with van der Waals surface area (Å²) in [6, 6.07) is 36.0. The highest BCUT2D eigenvalue weighted by Gasteiger charge is 2.47. The van der Waals surface area contributed by atoms with Gasteiger partial charge in [0, 0.05) is 126 Å². The average molecular weight is 1130 g/mol. The predicted octanol–water partition coefficient (Wildman–Crippen LogP) is 19.7. The van der Waals surface area contributed by atoms with E-state index in [0.29, 0.717) is 28.1 Å². The van der Waals surface area contributed by atoms with Gasteiger partial charge in [-0.25, -0.2) is 15.0 Å². The van der Waals surface area contributed by atoms with Crippen LogP contribution in [0.4, 0.5) is 28.6 Å². The van der Waals surface area contributed by atoms with Crippen LogP contribution in [0.3, 0.4) is 0 Å². The molecule has 9 heteroatoms. The molecule has 0 radical (unpaired) electrons. The van der Waals surface area contributed by atoms with Gasteiger partial charge in [-0.1, -0.05) is 129 Å². The molecule has 3 fully saturated rings. The van der Waals surface area contributed by atoms with Crippen LogP contribution in [-0.2, 0) is 5.41 Å². The maximum atomic E-state index is 8.86. The Hall–Kier alpha value is -6.87. The molecule has 440 valence electrons. The van der Waals surface area contributed by atoms with E-state index in [2.05, 4.69) is 135 Å². The third kappa shape index (κ3) is 11.9. The smallest absolute Gasteiger partial charge is 0.227 e. The zero-order chi connectivity index (χ0) is 72.9. The van der Waals surface area contributed by atoms with Crippen molar-refractivity contribution in [2.75, 3.05) is 45.8 Å². The molecule has 0 N–H and O–H groups in total. The second kappa shape index (κ2) is 21.6. The third-order valence-corrected chi connectivity index (χ3v) is 16.7. The second-order valence-corrected chi connectivity index (χ2v) is 26.5. The zero-order valence-electron chi connectivity index (χ0n) is 67.0. The fourth-order valence-corrected chi connectivity index (χ4v) is 13.3. The SMILES string of the molecule is C.Cc1ccc2c(n1)oc1c(N3CC(C)(C)CC3(C)C)c(C)ccc12.Cc1ccccc1N1CC(C)(C)c2cccnc21.[2H]C([2H])([2H])C1(C([2H])([2H])[2H])CN(c2c(C)ccc3c2oc2nc(C)ccc23)C(C)(C)C1([2H])[2H].[2H]C([2H])([2H])C1(C([2H])([2H])[2H])CN(c2ccccc2C)C(C)(C)C1([2H])[2H]. The Balaban J connectivity index is 0.000000157. The van der Waals surface area contributed by atoms with Crippen LogP contribution in [0.25, 0.3) is 44.1 Å². The number of hydrogen-bond donors (Lipinski definition) is 0. The molecular formula is C74H97N7O2. The van der Waals surface area contributed by atoms with Gasteiger partial charge in [-0.05, 0) is 183 Å². The minimum Gasteiger partial charge on any atom is -0.436 e. The average Bonchev–Trinajstić information content (AvgIpc) is 1.54. The van der Waals surface area contributed by atoms with Gasteiger partial charge in [0.15, 0.2) is 11.2 Å². The zero-order valence-corrected chi connectivity index (χ0v) is 51.0. The van der Waals surface area contributed by atoms with Crippen molar-refractivity contribution in [1.29, 1.82) is 0 Å². The number of pyridine rings is 3. The summed E-state index contributed by atoms with van der Waals surface area (Å²) in [6.45, 7) is 21.1. The van der Waals surface area contributed by atoms with Crippen LogP contribution < -0.4 is 19.6 Å². The number of aryl methyl sites for hydroxylation is 6. The molecule has 4 aromatic carbocycles. The summed E-state index contributed by atoms with van der Waals surface area (Å²) in [6.07, 6.45) is -1.98. The lowest BCUT2D eigenvalue weighted by atomic mass is 9.86. The van der Waals surface area contributed by atoms with Gasteiger partial charge in [-0.2, -0.15) is 0 Å². The van der Waals surface area contributed by atoms with Crippen LogP contribution >= 0.6 is 0 Å². The molecule has 0 atom stereocenters. The maximum Gasteiger partial charge on any atom is 0.227 e. The van der Waals surface area contributed by atoms with Crippen LogP contribution in [0, 0.1) is 57.8 Å². The summed E-state index contributed by atoms with van der Waals surface area (Å²) in [5, 5.41) is 3.81. The van der Waals surface area contributed by atoms with Crippen LogP contribution in [0.5, 0.6) is 0 Å². The topological polar surface area (TPSA) is 77.9 Å². The molecule has 4 aliphatic rings. The van der Waals surface area contributed by atoms with Crippen molar-refractivity contribution < 1.29 is 30.8 Å². The van der Waals surface area contributed by atoms with Crippen LogP contribution in [0.15, 0.2) is 124 Å². The summed E-state index contributed by atoms with van der Waals surface area (Å²) in [5.74, 6) is 1.11. The summed E-state index contributed by atoms with van der Waals surface area (Å²) in [4.78, 5) is 21.7. The molecule has 83 heavy (non-hydrogen) atoms. The van der Waals surface area contributed by atoms with Gasteiger partial charge in [-0.15, -0.1) is 0 Å². The number of para-hydroxylation sites is 2. The van der Waals surface area contributed by atoms with Crippen molar-refractivity contribution >= 4 is 72.7 Å². The Bertz CT molecular complexity index is 4490. The Labute approximate surface area is 520 Å². The third-order valence-electron chi connectivity index (χ3n) is 16.7. The van der Waals surface area contributed by atoms with E-state index in [4.69, 9.17) is 30.8 Å². The second-order valence-electron chi connectivity index (χ2n) is 26.5. The van der Waals surface area contributed by atoms with E-state index in [9.17, 15) is 0 Å². The lowest BCUT2D eigenvalue weighted by Crippen LogP contribution is -2.38. The largest absolute Gasteiger partial charge is 0.436 e. The van der Waals surface area contributed by atoms with Crippen molar-refractivity contribution in [2.24, 2.45) is 16.2 Å². The molecular weight excluding hydrogens is 1020 g/mol. The van der Waals surface area contributed by atoms with Gasteiger partial charge in [0.05, 0.1) is 11.4 Å². The van der Waals surface area contributed by atoms with Crippen LogP contribution in [0.1, 0.15) is 184 Å². The van der Waals surface area contributed by atoms with E-state index in [1.165, 1.54) is 39.9 Å². The number of furan rings is 2. The quantitative estimate of drug-likeness (QED) is 0.171. The van der Waals surface area contributed by atoms with Crippen molar-refractivity contribution in [3.63, 3.8) is 0 Å². The van der Waals surface area contributed by atoms with Gasteiger partial charge in [0.1, 0.15) is 5.82 Å². The minimum atomic E-state index is -3.07. The minimum absolute atomic E-state index is 0. The van der Waals surface area contributed by atoms with Gasteiger partial charge in [0.2, 0.25) is 11.4 Å². The standard InChI is InChI=1S/2C21H26N2O.C16H18N2.C15H23N.CH4/c2*1-13-7-9-15-16-10-8-14(2)22-19(16)24-18(15)17(13)23-12-20(3,4)11-21(23,5)6;1-12-7-4-5-9-14(12)18-11-16(2,3)13-8-6-10-17-15(13)18;1-12-8-6-7-9-13(12)16-11-14(2,3)10-15(16,4)5;/h2*7-10H,11-12H2,1-6H3;4-10H,11H2,1-3H3;6-9H,10-11H2,1-5H3;1H4/i3D3,4D3,11D2;;;2D3,3D3,10D2;. The van der Waals surface area contributed by atoms with E-state index in [1.807, 2.05) is 76.4 Å². The number of rotatable bonds is 4. The van der Waals surface area contributed by atoms with Crippen molar-refractivity contribution in [1.82, 2.24) is 15.0 Å². The normalized spacial score (nSPS) is 23.9. The molecule has 0 saturated carbocycles. The van der Waals surface area contributed by atoms with Crippen molar-refractivity contribution in [3.05, 3.63) is 155 Å². The lowest BCUT2D eigenvalue weighted by molar-refractivity contribution is 0.371. The van der Waals surface area contributed by atoms with Crippen molar-refractivity contribution in [3.8, 4) is 0 Å². The number of hydrogen-bond acceptors (Lipinski definition) is 9. The number of aromatic nitrogens is 3. The Morgan fingerprint density at radius 2 is 0.904 bits per heavy atom. The van der Waals surface area contributed by atoms with E-state index in [1.54, 1.807) is 49.6 Å². The molecule has 9 heterocycles. The van der Waals surface area contributed by atoms with E-state index in [0.717, 1.165) is 68.9 Å². The molecule has 0 aliphatic carbocycles. The molecule has 0 bridgehead atoms. The Morgan fingerprint density at radius 1 is 0.458 bits per heavy atom. The highest BCUT2D eigenvalue weighted by molar-refractivity contribution is 6.10. The maximum absolute atomic E-state index is 8.86. The molecule has 3 saturated heterocycles. The molecule has 4 aliphatic heterocycles. The molecule has 0 unspecified atom stereocenters. The fraction of sp³-hybridized carbons (Fsp3) is 0.473.